The molecule has 2 rings (SSSR count). The third-order valence-corrected chi connectivity index (χ3v) is 2.76. The van der Waals surface area contributed by atoms with Crippen LogP contribution in [-0.4, -0.2) is 5.11 Å². The average Bonchev–Trinajstić information content (AvgIpc) is 2.23. The first kappa shape index (κ1) is 10.5. The molecule has 0 spiro atoms. The highest BCUT2D eigenvalue weighted by molar-refractivity contribution is 6.39. The number of benzene rings is 2. The molecule has 2 aromatic rings. The zero-order valence-electron chi connectivity index (χ0n) is 7.19. The minimum atomic E-state index is -1.06. The molecule has 0 saturated carbocycles. The molecule has 0 radical (unpaired) electrons. The fraction of sp³-hybridized carbons (Fsp3) is 0. The highest BCUT2D eigenvalue weighted by Crippen LogP contribution is 2.38. The van der Waals surface area contributed by atoms with Gasteiger partial charge in [0.15, 0.2) is 11.6 Å². The summed E-state index contributed by atoms with van der Waals surface area (Å²) >= 11 is 11.0. The molecule has 0 heterocycles. The van der Waals surface area contributed by atoms with Crippen LogP contribution in [0.15, 0.2) is 18.2 Å². The molecule has 5 heteroatoms. The summed E-state index contributed by atoms with van der Waals surface area (Å²) < 4.78 is 26.8. The van der Waals surface area contributed by atoms with E-state index in [2.05, 4.69) is 0 Å². The number of hydrogen-bond donors (Lipinski definition) is 1. The smallest absolute Gasteiger partial charge is 0.164 e. The van der Waals surface area contributed by atoms with Crippen molar-refractivity contribution >= 4 is 34.0 Å². The molecule has 0 amide bonds. The van der Waals surface area contributed by atoms with Crippen molar-refractivity contribution < 1.29 is 13.9 Å². The molecule has 0 aliphatic rings. The normalized spacial score (nSPS) is 10.9. The van der Waals surface area contributed by atoms with Crippen LogP contribution in [0.4, 0.5) is 8.78 Å². The van der Waals surface area contributed by atoms with E-state index in [9.17, 15) is 13.9 Å². The van der Waals surface area contributed by atoms with E-state index in [-0.39, 0.29) is 21.5 Å². The lowest BCUT2D eigenvalue weighted by Crippen LogP contribution is -1.89. The van der Waals surface area contributed by atoms with Crippen LogP contribution in [0.1, 0.15) is 0 Å². The Balaban J connectivity index is 3.08. The summed E-state index contributed by atoms with van der Waals surface area (Å²) in [6, 6.07) is 4.08. The van der Waals surface area contributed by atoms with Crippen LogP contribution in [0.3, 0.4) is 0 Å². The van der Waals surface area contributed by atoms with Gasteiger partial charge in [0.1, 0.15) is 10.8 Å². The van der Waals surface area contributed by atoms with E-state index in [1.807, 2.05) is 0 Å². The van der Waals surface area contributed by atoms with Crippen molar-refractivity contribution in [3.8, 4) is 5.75 Å². The van der Waals surface area contributed by atoms with Crippen LogP contribution in [-0.2, 0) is 0 Å². The van der Waals surface area contributed by atoms with Crippen molar-refractivity contribution in [2.24, 2.45) is 0 Å². The zero-order chi connectivity index (χ0) is 11.2. The Morgan fingerprint density at radius 2 is 1.67 bits per heavy atom. The molecular weight excluding hydrogens is 245 g/mol. The van der Waals surface area contributed by atoms with E-state index in [0.29, 0.717) is 0 Å². The number of aromatic hydroxyl groups is 1. The van der Waals surface area contributed by atoms with Crippen molar-refractivity contribution in [1.29, 1.82) is 0 Å². The largest absolute Gasteiger partial charge is 0.507 e. The van der Waals surface area contributed by atoms with Crippen LogP contribution >= 0.6 is 23.2 Å². The molecule has 1 N–H and O–H groups in total. The standard InChI is InChI=1S/C10H4Cl2F2O/c11-7-6-4(2-1-3-5(6)15)9(13)8(12)10(7)14/h1-3,15H. The van der Waals surface area contributed by atoms with E-state index in [1.165, 1.54) is 18.2 Å². The fourth-order valence-corrected chi connectivity index (χ4v) is 1.91. The Morgan fingerprint density at radius 1 is 1.00 bits per heavy atom. The maximum Gasteiger partial charge on any atom is 0.164 e. The van der Waals surface area contributed by atoms with Gasteiger partial charge >= 0.3 is 0 Å². The minimum Gasteiger partial charge on any atom is -0.507 e. The SMILES string of the molecule is Oc1cccc2c(F)c(Cl)c(F)c(Cl)c12. The Morgan fingerprint density at radius 3 is 2.33 bits per heavy atom. The number of halogens is 4. The molecule has 78 valence electrons. The molecule has 0 atom stereocenters. The fourth-order valence-electron chi connectivity index (χ4n) is 1.37. The summed E-state index contributed by atoms with van der Waals surface area (Å²) in [5.74, 6) is -2.28. The van der Waals surface area contributed by atoms with Gasteiger partial charge in [-0.2, -0.15) is 0 Å². The van der Waals surface area contributed by atoms with E-state index >= 15 is 0 Å². The van der Waals surface area contributed by atoms with Crippen LogP contribution in [0, 0.1) is 11.6 Å². The van der Waals surface area contributed by atoms with Gasteiger partial charge < -0.3 is 5.11 Å². The first-order chi connectivity index (χ1) is 7.04. The third kappa shape index (κ3) is 1.43. The molecule has 15 heavy (non-hydrogen) atoms. The van der Waals surface area contributed by atoms with Crippen molar-refractivity contribution in [2.45, 2.75) is 0 Å². The molecule has 0 unspecified atom stereocenters. The van der Waals surface area contributed by atoms with Crippen LogP contribution in [0.2, 0.25) is 10.0 Å². The lowest BCUT2D eigenvalue weighted by atomic mass is 10.1. The molecule has 0 aliphatic heterocycles. The molecular formula is C10H4Cl2F2O. The second-order valence-corrected chi connectivity index (χ2v) is 3.71. The summed E-state index contributed by atoms with van der Waals surface area (Å²) in [6.07, 6.45) is 0. The second kappa shape index (κ2) is 3.51. The lowest BCUT2D eigenvalue weighted by molar-refractivity contribution is 0.480. The number of phenols is 1. The number of fused-ring (bicyclic) bond motifs is 1. The predicted octanol–water partition coefficient (Wildman–Crippen LogP) is 4.13. The molecule has 2 aromatic carbocycles. The summed E-state index contributed by atoms with van der Waals surface area (Å²) in [6.45, 7) is 0. The summed E-state index contributed by atoms with van der Waals surface area (Å²) in [5, 5.41) is 8.30. The van der Waals surface area contributed by atoms with E-state index in [4.69, 9.17) is 23.2 Å². The number of hydrogen-bond acceptors (Lipinski definition) is 1. The predicted molar refractivity (Wildman–Crippen MR) is 55.5 cm³/mol. The Hall–Kier alpha value is -1.06. The highest BCUT2D eigenvalue weighted by Gasteiger charge is 2.19. The zero-order valence-corrected chi connectivity index (χ0v) is 8.70. The van der Waals surface area contributed by atoms with Gasteiger partial charge in [0, 0.05) is 10.8 Å². The minimum absolute atomic E-state index is 0.00796. The Bertz CT molecular complexity index is 555. The third-order valence-electron chi connectivity index (χ3n) is 2.08. The molecule has 0 saturated heterocycles. The monoisotopic (exact) mass is 248 g/mol. The molecule has 1 nitrogen and oxygen atoms in total. The summed E-state index contributed by atoms with van der Waals surface area (Å²) in [4.78, 5) is 0. The topological polar surface area (TPSA) is 20.2 Å². The summed E-state index contributed by atoms with van der Waals surface area (Å²) in [5.41, 5.74) is 0. The number of rotatable bonds is 0. The lowest BCUT2D eigenvalue weighted by Gasteiger charge is -2.07. The van der Waals surface area contributed by atoms with Gasteiger partial charge in [0.25, 0.3) is 0 Å². The van der Waals surface area contributed by atoms with Gasteiger partial charge in [-0.3, -0.25) is 0 Å². The van der Waals surface area contributed by atoms with Crippen molar-refractivity contribution in [2.75, 3.05) is 0 Å². The Labute approximate surface area is 93.8 Å². The van der Waals surface area contributed by atoms with E-state index in [1.54, 1.807) is 0 Å². The van der Waals surface area contributed by atoms with Crippen molar-refractivity contribution in [3.63, 3.8) is 0 Å². The highest BCUT2D eigenvalue weighted by atomic mass is 35.5. The summed E-state index contributed by atoms with van der Waals surface area (Å²) in [7, 11) is 0. The maximum absolute atomic E-state index is 13.5. The first-order valence-corrected chi connectivity index (χ1v) is 4.73. The van der Waals surface area contributed by atoms with Gasteiger partial charge in [-0.05, 0) is 6.07 Å². The van der Waals surface area contributed by atoms with Gasteiger partial charge in [-0.15, -0.1) is 0 Å². The van der Waals surface area contributed by atoms with Crippen LogP contribution in [0.25, 0.3) is 10.8 Å². The van der Waals surface area contributed by atoms with Crippen LogP contribution in [0.5, 0.6) is 5.75 Å². The molecule has 0 bridgehead atoms. The van der Waals surface area contributed by atoms with Gasteiger partial charge in [-0.1, -0.05) is 35.3 Å². The molecule has 0 aromatic heterocycles. The van der Waals surface area contributed by atoms with Crippen LogP contribution < -0.4 is 0 Å². The van der Waals surface area contributed by atoms with Crippen molar-refractivity contribution in [1.82, 2.24) is 0 Å². The number of phenolic OH excluding ortho intramolecular Hbond substituents is 1. The maximum atomic E-state index is 13.5. The van der Waals surface area contributed by atoms with Gasteiger partial charge in [0.05, 0.1) is 5.02 Å². The average molecular weight is 249 g/mol. The van der Waals surface area contributed by atoms with E-state index in [0.717, 1.165) is 0 Å². The van der Waals surface area contributed by atoms with Gasteiger partial charge in [0.2, 0.25) is 0 Å². The van der Waals surface area contributed by atoms with Crippen molar-refractivity contribution in [3.05, 3.63) is 39.9 Å². The molecule has 0 aliphatic carbocycles. The quantitative estimate of drug-likeness (QED) is 0.549. The van der Waals surface area contributed by atoms with E-state index < -0.39 is 16.7 Å². The first-order valence-electron chi connectivity index (χ1n) is 3.97. The molecule has 0 fully saturated rings. The van der Waals surface area contributed by atoms with Gasteiger partial charge in [-0.25, -0.2) is 8.78 Å². The Kier molecular flexibility index (Phi) is 2.44. The second-order valence-electron chi connectivity index (χ2n) is 2.96.